The molecule has 0 radical (unpaired) electrons. The van der Waals surface area contributed by atoms with Crippen molar-refractivity contribution in [3.8, 4) is 5.75 Å². The normalized spacial score (nSPS) is 20.6. The van der Waals surface area contributed by atoms with Crippen LogP contribution in [0.1, 0.15) is 36.8 Å². The van der Waals surface area contributed by atoms with Gasteiger partial charge in [0.15, 0.2) is 6.10 Å². The summed E-state index contributed by atoms with van der Waals surface area (Å²) in [6, 6.07) is 15.4. The van der Waals surface area contributed by atoms with E-state index in [0.717, 1.165) is 24.0 Å². The van der Waals surface area contributed by atoms with Crippen LogP contribution >= 0.6 is 11.6 Å². The fourth-order valence-corrected chi connectivity index (χ4v) is 3.14. The monoisotopic (exact) mass is 360 g/mol. The summed E-state index contributed by atoms with van der Waals surface area (Å²) in [4.78, 5) is 11.1. The summed E-state index contributed by atoms with van der Waals surface area (Å²) in [6.07, 6.45) is 1.11. The average Bonchev–Trinajstić information content (AvgIpc) is 2.57. The summed E-state index contributed by atoms with van der Waals surface area (Å²) in [5.74, 6) is -0.262. The van der Waals surface area contributed by atoms with E-state index >= 15 is 0 Å². The zero-order valence-electron chi connectivity index (χ0n) is 14.0. The van der Waals surface area contributed by atoms with Gasteiger partial charge in [-0.15, -0.1) is 0 Å². The number of hydrogen-bond acceptors (Lipinski definition) is 3. The van der Waals surface area contributed by atoms with E-state index in [1.54, 1.807) is 12.1 Å². The van der Waals surface area contributed by atoms with E-state index in [0.29, 0.717) is 17.4 Å². The first-order chi connectivity index (χ1) is 12.0. The number of halogens is 1. The van der Waals surface area contributed by atoms with Gasteiger partial charge < -0.3 is 14.6 Å². The maximum absolute atomic E-state index is 11.1. The van der Waals surface area contributed by atoms with E-state index in [1.165, 1.54) is 6.92 Å². The lowest BCUT2D eigenvalue weighted by Crippen LogP contribution is -2.33. The molecule has 3 rings (SSSR count). The molecule has 1 aliphatic carbocycles. The molecule has 1 aliphatic rings. The first-order valence-corrected chi connectivity index (χ1v) is 8.77. The summed E-state index contributed by atoms with van der Waals surface area (Å²) in [5.41, 5.74) is 2.06. The second-order valence-corrected chi connectivity index (χ2v) is 6.74. The van der Waals surface area contributed by atoms with Gasteiger partial charge in [0.05, 0.1) is 12.7 Å². The van der Waals surface area contributed by atoms with Gasteiger partial charge in [0.2, 0.25) is 0 Å². The van der Waals surface area contributed by atoms with Crippen LogP contribution in [0.3, 0.4) is 0 Å². The number of rotatable bonds is 7. The molecule has 0 bridgehead atoms. The maximum Gasteiger partial charge on any atom is 0.344 e. The smallest absolute Gasteiger partial charge is 0.344 e. The number of aliphatic carboxylic acids is 1. The molecule has 0 aliphatic heterocycles. The van der Waals surface area contributed by atoms with Crippen LogP contribution in [0.2, 0.25) is 5.02 Å². The minimum absolute atomic E-state index is 0.0844. The minimum atomic E-state index is -0.994. The van der Waals surface area contributed by atoms with Gasteiger partial charge in [-0.05, 0) is 43.5 Å². The van der Waals surface area contributed by atoms with E-state index < -0.39 is 12.1 Å². The van der Waals surface area contributed by atoms with Gasteiger partial charge in [-0.2, -0.15) is 0 Å². The molecule has 0 aromatic heterocycles. The van der Waals surface area contributed by atoms with E-state index in [2.05, 4.69) is 0 Å². The van der Waals surface area contributed by atoms with Crippen molar-refractivity contribution < 1.29 is 19.4 Å². The van der Waals surface area contributed by atoms with Crippen molar-refractivity contribution >= 4 is 17.6 Å². The van der Waals surface area contributed by atoms with Crippen LogP contribution < -0.4 is 4.74 Å². The van der Waals surface area contributed by atoms with Gasteiger partial charge in [-0.25, -0.2) is 4.79 Å². The first-order valence-electron chi connectivity index (χ1n) is 8.39. The second-order valence-electron chi connectivity index (χ2n) is 6.30. The predicted octanol–water partition coefficient (Wildman–Crippen LogP) is 4.65. The molecule has 5 heteroatoms. The highest BCUT2D eigenvalue weighted by atomic mass is 35.5. The molecule has 0 spiro atoms. The number of benzene rings is 2. The molecule has 1 fully saturated rings. The van der Waals surface area contributed by atoms with E-state index in [-0.39, 0.29) is 12.0 Å². The molecule has 2 aromatic carbocycles. The zero-order chi connectivity index (χ0) is 17.8. The molecule has 2 aromatic rings. The Hall–Kier alpha value is -2.04. The van der Waals surface area contributed by atoms with Crippen molar-refractivity contribution in [1.82, 2.24) is 0 Å². The Morgan fingerprint density at radius 1 is 1.24 bits per heavy atom. The van der Waals surface area contributed by atoms with Crippen LogP contribution in [0, 0.1) is 0 Å². The van der Waals surface area contributed by atoms with Gasteiger partial charge in [0.25, 0.3) is 0 Å². The Morgan fingerprint density at radius 3 is 2.64 bits per heavy atom. The fraction of sp³-hybridized carbons (Fsp3) is 0.350. The lowest BCUT2D eigenvalue weighted by Gasteiger charge is -2.37. The maximum atomic E-state index is 11.1. The summed E-state index contributed by atoms with van der Waals surface area (Å²) >= 11 is 6.15. The van der Waals surface area contributed by atoms with Crippen LogP contribution in [-0.2, 0) is 16.1 Å². The Labute approximate surface area is 152 Å². The molecule has 1 saturated carbocycles. The molecule has 0 saturated heterocycles. The molecule has 132 valence electrons. The summed E-state index contributed by atoms with van der Waals surface area (Å²) < 4.78 is 11.7. The molecule has 4 nitrogen and oxygen atoms in total. The van der Waals surface area contributed by atoms with Crippen LogP contribution in [-0.4, -0.2) is 23.3 Å². The van der Waals surface area contributed by atoms with Crippen molar-refractivity contribution in [1.29, 1.82) is 0 Å². The van der Waals surface area contributed by atoms with Crippen LogP contribution in [0.25, 0.3) is 0 Å². The molecular formula is C20H21ClO4. The third-order valence-corrected chi connectivity index (χ3v) is 4.78. The second kappa shape index (κ2) is 7.89. The van der Waals surface area contributed by atoms with E-state index in [9.17, 15) is 4.79 Å². The van der Waals surface area contributed by atoms with Gasteiger partial charge in [0, 0.05) is 16.5 Å². The van der Waals surface area contributed by atoms with Gasteiger partial charge in [-0.1, -0.05) is 41.9 Å². The summed E-state index contributed by atoms with van der Waals surface area (Å²) in [6.45, 7) is 2.08. The van der Waals surface area contributed by atoms with Crippen LogP contribution in [0.15, 0.2) is 48.5 Å². The predicted molar refractivity (Wildman–Crippen MR) is 96.2 cm³/mol. The molecule has 25 heavy (non-hydrogen) atoms. The first kappa shape index (κ1) is 17.8. The van der Waals surface area contributed by atoms with Crippen molar-refractivity contribution in [2.24, 2.45) is 0 Å². The van der Waals surface area contributed by atoms with E-state index in [1.807, 2.05) is 36.4 Å². The van der Waals surface area contributed by atoms with Gasteiger partial charge in [-0.3, -0.25) is 0 Å². The van der Waals surface area contributed by atoms with Crippen LogP contribution in [0.4, 0.5) is 0 Å². The standard InChI is InChI=1S/C20H21ClO4/c1-13(20(22)23)25-19-9-7-15(21)11-17(19)16-8-10-18(16)24-12-14-5-3-2-4-6-14/h2-7,9,11,13,16,18H,8,10,12H2,1H3,(H,22,23). The number of hydrogen-bond donors (Lipinski definition) is 1. The average molecular weight is 361 g/mol. The van der Waals surface area contributed by atoms with Gasteiger partial charge >= 0.3 is 5.97 Å². The van der Waals surface area contributed by atoms with Crippen molar-refractivity contribution in [3.63, 3.8) is 0 Å². The lowest BCUT2D eigenvalue weighted by molar-refractivity contribution is -0.144. The summed E-state index contributed by atoms with van der Waals surface area (Å²) in [7, 11) is 0. The highest BCUT2D eigenvalue weighted by Gasteiger charge is 2.35. The Kier molecular flexibility index (Phi) is 5.61. The highest BCUT2D eigenvalue weighted by Crippen LogP contribution is 2.44. The molecule has 3 atom stereocenters. The molecule has 3 unspecified atom stereocenters. The lowest BCUT2D eigenvalue weighted by atomic mass is 9.76. The van der Waals surface area contributed by atoms with Gasteiger partial charge in [0.1, 0.15) is 5.75 Å². The number of carbonyl (C=O) groups is 1. The Bertz CT molecular complexity index is 732. The quantitative estimate of drug-likeness (QED) is 0.780. The Morgan fingerprint density at radius 2 is 2.00 bits per heavy atom. The molecule has 0 heterocycles. The number of ether oxygens (including phenoxy) is 2. The third kappa shape index (κ3) is 4.33. The number of carboxylic acid groups (broad SMARTS) is 1. The highest BCUT2D eigenvalue weighted by molar-refractivity contribution is 6.30. The van der Waals surface area contributed by atoms with Crippen LogP contribution in [0.5, 0.6) is 5.75 Å². The molecule has 1 N–H and O–H groups in total. The fourth-order valence-electron chi connectivity index (χ4n) is 2.96. The molecule has 0 amide bonds. The topological polar surface area (TPSA) is 55.8 Å². The zero-order valence-corrected chi connectivity index (χ0v) is 14.8. The minimum Gasteiger partial charge on any atom is -0.479 e. The Balaban J connectivity index is 1.72. The van der Waals surface area contributed by atoms with Crippen molar-refractivity contribution in [2.45, 2.75) is 44.5 Å². The SMILES string of the molecule is CC(Oc1ccc(Cl)cc1C1CCC1OCc1ccccc1)C(=O)O. The van der Waals surface area contributed by atoms with Crippen molar-refractivity contribution in [2.75, 3.05) is 0 Å². The van der Waals surface area contributed by atoms with E-state index in [4.69, 9.17) is 26.2 Å². The molecular weight excluding hydrogens is 340 g/mol. The third-order valence-electron chi connectivity index (χ3n) is 4.54. The van der Waals surface area contributed by atoms with Crippen molar-refractivity contribution in [3.05, 3.63) is 64.7 Å². The summed E-state index contributed by atoms with van der Waals surface area (Å²) in [5, 5.41) is 9.70. The number of carboxylic acids is 1. The largest absolute Gasteiger partial charge is 0.479 e.